The lowest BCUT2D eigenvalue weighted by atomic mass is 10.1. The van der Waals surface area contributed by atoms with Gasteiger partial charge in [0.05, 0.1) is 29.9 Å². The first-order valence-corrected chi connectivity index (χ1v) is 10.3. The Balaban J connectivity index is 2.12. The third kappa shape index (κ3) is 4.65. The summed E-state index contributed by atoms with van der Waals surface area (Å²) in [6.07, 6.45) is 1.77. The summed E-state index contributed by atoms with van der Waals surface area (Å²) in [7, 11) is 1.61. The highest BCUT2D eigenvalue weighted by Gasteiger charge is 2.28. The third-order valence-electron chi connectivity index (χ3n) is 4.47. The number of methoxy groups -OCH3 is 1. The number of nitrogens with zero attached hydrogens (tertiary/aromatic N) is 2. The molecule has 0 aliphatic rings. The molecule has 1 heterocycles. The van der Waals surface area contributed by atoms with Gasteiger partial charge in [0.15, 0.2) is 5.16 Å². The third-order valence-corrected chi connectivity index (χ3v) is 5.98. The van der Waals surface area contributed by atoms with Crippen molar-refractivity contribution in [1.29, 1.82) is 0 Å². The highest BCUT2D eigenvalue weighted by atomic mass is 32.2. The number of urea groups is 1. The summed E-state index contributed by atoms with van der Waals surface area (Å²) in [5, 5.41) is 2.23. The van der Waals surface area contributed by atoms with Crippen molar-refractivity contribution >= 4 is 23.7 Å². The van der Waals surface area contributed by atoms with Crippen LogP contribution in [0.3, 0.4) is 0 Å². The van der Waals surface area contributed by atoms with Crippen LogP contribution in [0.15, 0.2) is 66.0 Å². The number of nitrogens with two attached hydrogens (primary N) is 1. The molecule has 30 heavy (non-hydrogen) atoms. The van der Waals surface area contributed by atoms with Crippen LogP contribution in [0.5, 0.6) is 5.75 Å². The fraction of sp³-hybridized carbons (Fsp3) is 0.227. The lowest BCUT2D eigenvalue weighted by Crippen LogP contribution is -2.42. The molecular formula is C22H24N4O3S. The maximum absolute atomic E-state index is 12.6. The second-order valence-corrected chi connectivity index (χ2v) is 8.04. The number of nitrogens with one attached hydrogen (secondary N) is 1. The molecule has 0 radical (unpaired) electrons. The van der Waals surface area contributed by atoms with Crippen molar-refractivity contribution in [1.82, 2.24) is 14.9 Å². The van der Waals surface area contributed by atoms with Crippen LogP contribution in [0.1, 0.15) is 13.8 Å². The molecule has 0 spiro atoms. The SMILES string of the molecule is COc1ccccc1-n1c(-c2ccccc2)cnc1S[C@H](C(=O)NC(N)=O)C(C)C. The van der Waals surface area contributed by atoms with Gasteiger partial charge in [0.2, 0.25) is 5.91 Å². The molecule has 0 unspecified atom stereocenters. The highest BCUT2D eigenvalue weighted by Crippen LogP contribution is 2.36. The topological polar surface area (TPSA) is 99.2 Å². The average Bonchev–Trinajstić information content (AvgIpc) is 3.15. The van der Waals surface area contributed by atoms with Crippen LogP contribution in [0.25, 0.3) is 16.9 Å². The van der Waals surface area contributed by atoms with Gasteiger partial charge in [-0.05, 0) is 18.1 Å². The molecule has 2 aromatic carbocycles. The second kappa shape index (κ2) is 9.49. The first kappa shape index (κ1) is 21.4. The number of para-hydroxylation sites is 2. The van der Waals surface area contributed by atoms with Crippen molar-refractivity contribution in [2.75, 3.05) is 7.11 Å². The summed E-state index contributed by atoms with van der Waals surface area (Å²) in [6, 6.07) is 16.6. The smallest absolute Gasteiger partial charge is 0.318 e. The quantitative estimate of drug-likeness (QED) is 0.561. The summed E-state index contributed by atoms with van der Waals surface area (Å²) in [4.78, 5) is 28.3. The van der Waals surface area contributed by atoms with Crippen molar-refractivity contribution in [2.24, 2.45) is 11.7 Å². The van der Waals surface area contributed by atoms with Crippen LogP contribution in [0.4, 0.5) is 4.79 Å². The summed E-state index contributed by atoms with van der Waals surface area (Å²) < 4.78 is 7.53. The van der Waals surface area contributed by atoms with Crippen molar-refractivity contribution in [2.45, 2.75) is 24.3 Å². The number of carbonyl (C=O) groups is 2. The number of rotatable bonds is 7. The minimum Gasteiger partial charge on any atom is -0.495 e. The summed E-state index contributed by atoms with van der Waals surface area (Å²) in [5.41, 5.74) is 7.79. The van der Waals surface area contributed by atoms with Gasteiger partial charge in [-0.15, -0.1) is 0 Å². The predicted octanol–water partition coefficient (Wildman–Crippen LogP) is 3.86. The van der Waals surface area contributed by atoms with Gasteiger partial charge < -0.3 is 10.5 Å². The second-order valence-electron chi connectivity index (χ2n) is 6.94. The molecule has 0 fully saturated rings. The zero-order valence-corrected chi connectivity index (χ0v) is 17.8. The molecule has 1 aromatic heterocycles. The average molecular weight is 425 g/mol. The van der Waals surface area contributed by atoms with E-state index in [4.69, 9.17) is 10.5 Å². The summed E-state index contributed by atoms with van der Waals surface area (Å²) >= 11 is 1.28. The largest absolute Gasteiger partial charge is 0.495 e. The van der Waals surface area contributed by atoms with E-state index in [9.17, 15) is 9.59 Å². The van der Waals surface area contributed by atoms with Gasteiger partial charge in [-0.1, -0.05) is 68.1 Å². The molecule has 3 amide bonds. The monoisotopic (exact) mass is 424 g/mol. The summed E-state index contributed by atoms with van der Waals surface area (Å²) in [5.74, 6) is 0.174. The highest BCUT2D eigenvalue weighted by molar-refractivity contribution is 8.00. The van der Waals surface area contributed by atoms with Crippen LogP contribution in [-0.2, 0) is 4.79 Å². The number of ether oxygens (including phenoxy) is 1. The van der Waals surface area contributed by atoms with E-state index in [1.807, 2.05) is 73.0 Å². The van der Waals surface area contributed by atoms with Gasteiger partial charge in [0, 0.05) is 5.56 Å². The van der Waals surface area contributed by atoms with E-state index in [0.29, 0.717) is 10.9 Å². The summed E-state index contributed by atoms with van der Waals surface area (Å²) in [6.45, 7) is 3.82. The van der Waals surface area contributed by atoms with E-state index in [1.165, 1.54) is 11.8 Å². The van der Waals surface area contributed by atoms with E-state index >= 15 is 0 Å². The zero-order valence-electron chi connectivity index (χ0n) is 17.0. The van der Waals surface area contributed by atoms with Gasteiger partial charge in [-0.2, -0.15) is 0 Å². The minimum atomic E-state index is -0.871. The standard InChI is InChI=1S/C22H24N4O3S/c1-14(2)19(20(27)25-21(23)28)30-22-24-13-17(15-9-5-4-6-10-15)26(22)16-11-7-8-12-18(16)29-3/h4-14,19H,1-3H3,(H3,23,25,27,28)/t19-/m0/s1. The zero-order chi connectivity index (χ0) is 21.7. The first-order valence-electron chi connectivity index (χ1n) is 9.46. The van der Waals surface area contributed by atoms with Crippen molar-refractivity contribution in [3.8, 4) is 22.7 Å². The maximum atomic E-state index is 12.6. The number of hydrogen-bond donors (Lipinski definition) is 2. The molecule has 3 N–H and O–H groups in total. The van der Waals surface area contributed by atoms with Gasteiger partial charge in [-0.3, -0.25) is 14.7 Å². The molecule has 3 rings (SSSR count). The predicted molar refractivity (Wildman–Crippen MR) is 118 cm³/mol. The lowest BCUT2D eigenvalue weighted by molar-refractivity contribution is -0.120. The van der Waals surface area contributed by atoms with E-state index in [1.54, 1.807) is 13.3 Å². The van der Waals surface area contributed by atoms with Gasteiger partial charge in [0.1, 0.15) is 5.75 Å². The Morgan fingerprint density at radius 1 is 1.10 bits per heavy atom. The lowest BCUT2D eigenvalue weighted by Gasteiger charge is -2.20. The Hall–Kier alpha value is -3.26. The number of imide groups is 1. The molecule has 0 aliphatic heterocycles. The number of hydrogen-bond acceptors (Lipinski definition) is 5. The fourth-order valence-electron chi connectivity index (χ4n) is 3.08. The molecule has 0 saturated heterocycles. The molecule has 0 aliphatic carbocycles. The van der Waals surface area contributed by atoms with Crippen LogP contribution in [-0.4, -0.2) is 33.8 Å². The van der Waals surface area contributed by atoms with E-state index in [0.717, 1.165) is 16.9 Å². The van der Waals surface area contributed by atoms with Gasteiger partial charge in [-0.25, -0.2) is 9.78 Å². The van der Waals surface area contributed by atoms with Crippen LogP contribution >= 0.6 is 11.8 Å². The number of thioether (sulfide) groups is 1. The van der Waals surface area contributed by atoms with Crippen molar-refractivity contribution in [3.05, 3.63) is 60.8 Å². The van der Waals surface area contributed by atoms with Crippen LogP contribution < -0.4 is 15.8 Å². The van der Waals surface area contributed by atoms with Gasteiger partial charge in [0.25, 0.3) is 0 Å². The van der Waals surface area contributed by atoms with Crippen molar-refractivity contribution in [3.63, 3.8) is 0 Å². The molecule has 156 valence electrons. The number of amides is 3. The molecular weight excluding hydrogens is 400 g/mol. The van der Waals surface area contributed by atoms with E-state index in [2.05, 4.69) is 10.3 Å². The Bertz CT molecular complexity index is 1030. The number of benzene rings is 2. The minimum absolute atomic E-state index is 0.0580. The van der Waals surface area contributed by atoms with Crippen LogP contribution in [0, 0.1) is 5.92 Å². The number of aromatic nitrogens is 2. The Morgan fingerprint density at radius 2 is 1.77 bits per heavy atom. The Morgan fingerprint density at radius 3 is 2.40 bits per heavy atom. The molecule has 1 atom stereocenters. The molecule has 8 heteroatoms. The first-order chi connectivity index (χ1) is 14.4. The molecule has 0 bridgehead atoms. The van der Waals surface area contributed by atoms with E-state index < -0.39 is 17.2 Å². The molecule has 3 aromatic rings. The maximum Gasteiger partial charge on any atom is 0.318 e. The van der Waals surface area contributed by atoms with Crippen molar-refractivity contribution < 1.29 is 14.3 Å². The number of carbonyl (C=O) groups excluding carboxylic acids is 2. The van der Waals surface area contributed by atoms with Gasteiger partial charge >= 0.3 is 6.03 Å². The van der Waals surface area contributed by atoms with E-state index in [-0.39, 0.29) is 5.92 Å². The molecule has 0 saturated carbocycles. The number of imidazole rings is 1. The Kier molecular flexibility index (Phi) is 6.79. The normalized spacial score (nSPS) is 11.9. The number of primary amides is 1. The van der Waals surface area contributed by atoms with Crippen LogP contribution in [0.2, 0.25) is 0 Å². The Labute approximate surface area is 179 Å². The molecule has 7 nitrogen and oxygen atoms in total. The fourth-order valence-corrected chi connectivity index (χ4v) is 4.16.